The van der Waals surface area contributed by atoms with Gasteiger partial charge in [0.1, 0.15) is 11.5 Å². The number of carbonyl (C=O) groups is 2. The first kappa shape index (κ1) is 20.3. The third-order valence-corrected chi connectivity index (χ3v) is 4.73. The summed E-state index contributed by atoms with van der Waals surface area (Å²) in [5.41, 5.74) is 2.64. The molecule has 7 nitrogen and oxygen atoms in total. The molecule has 0 unspecified atom stereocenters. The molecular weight excluding hydrogens is 372 g/mol. The molecule has 0 spiro atoms. The number of hydrogen-bond acceptors (Lipinski definition) is 4. The maximum absolute atomic E-state index is 12.2. The average molecular weight is 396 g/mol. The lowest BCUT2D eigenvalue weighted by molar-refractivity contribution is -0.120. The van der Waals surface area contributed by atoms with Crippen molar-refractivity contribution in [1.82, 2.24) is 10.3 Å². The highest BCUT2D eigenvalue weighted by Gasteiger charge is 2.12. The third kappa shape index (κ3) is 4.87. The molecule has 3 rings (SSSR count). The fraction of sp³-hybridized carbons (Fsp3) is 0.273. The van der Waals surface area contributed by atoms with Gasteiger partial charge in [-0.15, -0.1) is 0 Å². The first-order chi connectivity index (χ1) is 14.0. The molecule has 1 amide bonds. The Kier molecular flexibility index (Phi) is 6.39. The molecule has 0 aliphatic rings. The first-order valence-corrected chi connectivity index (χ1v) is 9.33. The molecule has 0 aliphatic heterocycles. The van der Waals surface area contributed by atoms with Crippen LogP contribution in [0.4, 0.5) is 0 Å². The van der Waals surface area contributed by atoms with Crippen LogP contribution < -0.4 is 14.8 Å². The number of carboxylic acids is 1. The van der Waals surface area contributed by atoms with Gasteiger partial charge in [0, 0.05) is 29.8 Å². The number of ether oxygens (including phenoxy) is 2. The molecule has 0 aliphatic carbocycles. The van der Waals surface area contributed by atoms with Gasteiger partial charge < -0.3 is 24.9 Å². The molecule has 1 aromatic heterocycles. The van der Waals surface area contributed by atoms with Gasteiger partial charge in [-0.2, -0.15) is 0 Å². The number of carboxylic acid groups (broad SMARTS) is 1. The van der Waals surface area contributed by atoms with Crippen LogP contribution in [-0.2, 0) is 17.6 Å². The Morgan fingerprint density at radius 2 is 1.90 bits per heavy atom. The summed E-state index contributed by atoms with van der Waals surface area (Å²) in [7, 11) is 3.24. The topological polar surface area (TPSA) is 101 Å². The number of aromatic amines is 1. The van der Waals surface area contributed by atoms with Crippen LogP contribution >= 0.6 is 0 Å². The van der Waals surface area contributed by atoms with Crippen LogP contribution in [0.3, 0.4) is 0 Å². The van der Waals surface area contributed by atoms with Crippen LogP contribution in [0, 0.1) is 0 Å². The van der Waals surface area contributed by atoms with Crippen LogP contribution in [-0.4, -0.2) is 42.7 Å². The SMILES string of the molecule is COc1cc(OC)c2cc(CCCNC(=O)Cc3ccccc3C(=O)O)[nH]c2c1. The molecule has 0 radical (unpaired) electrons. The normalized spacial score (nSPS) is 10.7. The van der Waals surface area contributed by atoms with Crippen molar-refractivity contribution in [2.24, 2.45) is 0 Å². The molecule has 1 heterocycles. The fourth-order valence-electron chi connectivity index (χ4n) is 3.28. The quantitative estimate of drug-likeness (QED) is 0.482. The Labute approximate surface area is 168 Å². The summed E-state index contributed by atoms with van der Waals surface area (Å²) in [4.78, 5) is 26.7. The van der Waals surface area contributed by atoms with E-state index in [1.165, 1.54) is 6.07 Å². The monoisotopic (exact) mass is 396 g/mol. The van der Waals surface area contributed by atoms with Gasteiger partial charge in [0.05, 0.1) is 31.7 Å². The maximum atomic E-state index is 12.2. The van der Waals surface area contributed by atoms with Crippen molar-refractivity contribution in [3.63, 3.8) is 0 Å². The minimum Gasteiger partial charge on any atom is -0.497 e. The highest BCUT2D eigenvalue weighted by molar-refractivity contribution is 5.91. The summed E-state index contributed by atoms with van der Waals surface area (Å²) in [6.45, 7) is 0.504. The summed E-state index contributed by atoms with van der Waals surface area (Å²) >= 11 is 0. The third-order valence-electron chi connectivity index (χ3n) is 4.73. The highest BCUT2D eigenvalue weighted by atomic mass is 16.5. The van der Waals surface area contributed by atoms with Crippen molar-refractivity contribution < 1.29 is 24.2 Å². The van der Waals surface area contributed by atoms with Crippen LogP contribution in [0.5, 0.6) is 11.5 Å². The van der Waals surface area contributed by atoms with E-state index in [-0.39, 0.29) is 17.9 Å². The van der Waals surface area contributed by atoms with Gasteiger partial charge in [-0.3, -0.25) is 4.79 Å². The van der Waals surface area contributed by atoms with Crippen LogP contribution in [0.25, 0.3) is 10.9 Å². The van der Waals surface area contributed by atoms with Gasteiger partial charge in [0.2, 0.25) is 5.91 Å². The van der Waals surface area contributed by atoms with Crippen LogP contribution in [0.15, 0.2) is 42.5 Å². The van der Waals surface area contributed by atoms with Crippen molar-refractivity contribution in [1.29, 1.82) is 0 Å². The molecule has 0 atom stereocenters. The number of H-pyrrole nitrogens is 1. The number of nitrogens with one attached hydrogen (secondary N) is 2. The molecule has 2 aromatic carbocycles. The second kappa shape index (κ2) is 9.14. The van der Waals surface area contributed by atoms with Crippen molar-refractivity contribution in [2.75, 3.05) is 20.8 Å². The lowest BCUT2D eigenvalue weighted by Gasteiger charge is -2.07. The lowest BCUT2D eigenvalue weighted by atomic mass is 10.0. The van der Waals surface area contributed by atoms with Crippen LogP contribution in [0.1, 0.15) is 28.0 Å². The predicted octanol–water partition coefficient (Wildman–Crippen LogP) is 3.17. The summed E-state index contributed by atoms with van der Waals surface area (Å²) < 4.78 is 10.7. The Balaban J connectivity index is 1.54. The van der Waals surface area contributed by atoms with E-state index in [0.717, 1.165) is 40.9 Å². The predicted molar refractivity (Wildman–Crippen MR) is 110 cm³/mol. The van der Waals surface area contributed by atoms with E-state index in [4.69, 9.17) is 9.47 Å². The first-order valence-electron chi connectivity index (χ1n) is 9.33. The van der Waals surface area contributed by atoms with Crippen molar-refractivity contribution >= 4 is 22.8 Å². The van der Waals surface area contributed by atoms with E-state index < -0.39 is 5.97 Å². The molecule has 29 heavy (non-hydrogen) atoms. The van der Waals surface area contributed by atoms with Crippen LogP contribution in [0.2, 0.25) is 0 Å². The van der Waals surface area contributed by atoms with Gasteiger partial charge in [-0.05, 0) is 30.5 Å². The minimum absolute atomic E-state index is 0.0475. The largest absolute Gasteiger partial charge is 0.497 e. The van der Waals surface area contributed by atoms with E-state index in [2.05, 4.69) is 10.3 Å². The Bertz CT molecular complexity index is 1030. The van der Waals surface area contributed by atoms with E-state index in [1.54, 1.807) is 32.4 Å². The zero-order valence-electron chi connectivity index (χ0n) is 16.5. The number of aryl methyl sites for hydroxylation is 1. The average Bonchev–Trinajstić information content (AvgIpc) is 3.13. The van der Waals surface area contributed by atoms with Crippen molar-refractivity contribution in [3.05, 3.63) is 59.3 Å². The zero-order chi connectivity index (χ0) is 20.8. The number of hydrogen-bond donors (Lipinski definition) is 3. The maximum Gasteiger partial charge on any atom is 0.335 e. The molecule has 0 saturated heterocycles. The molecular formula is C22H24N2O5. The van der Waals surface area contributed by atoms with Gasteiger partial charge in [-0.1, -0.05) is 18.2 Å². The second-order valence-corrected chi connectivity index (χ2v) is 6.68. The Morgan fingerprint density at radius 1 is 1.10 bits per heavy atom. The zero-order valence-corrected chi connectivity index (χ0v) is 16.5. The number of amides is 1. The Hall–Kier alpha value is -3.48. The molecule has 0 fully saturated rings. The number of aromatic carboxylic acids is 1. The molecule has 7 heteroatoms. The number of fused-ring (bicyclic) bond motifs is 1. The van der Waals surface area contributed by atoms with E-state index >= 15 is 0 Å². The van der Waals surface area contributed by atoms with Crippen molar-refractivity contribution in [3.8, 4) is 11.5 Å². The van der Waals surface area contributed by atoms with Gasteiger partial charge in [0.15, 0.2) is 0 Å². The van der Waals surface area contributed by atoms with Crippen molar-refractivity contribution in [2.45, 2.75) is 19.3 Å². The second-order valence-electron chi connectivity index (χ2n) is 6.68. The Morgan fingerprint density at radius 3 is 2.62 bits per heavy atom. The summed E-state index contributed by atoms with van der Waals surface area (Å²) in [6.07, 6.45) is 1.55. The van der Waals surface area contributed by atoms with Gasteiger partial charge in [0.25, 0.3) is 0 Å². The number of benzene rings is 2. The summed E-state index contributed by atoms with van der Waals surface area (Å²) in [5.74, 6) is 0.241. The number of rotatable bonds is 9. The molecule has 0 saturated carbocycles. The van der Waals surface area contributed by atoms with E-state index in [0.29, 0.717) is 12.1 Å². The summed E-state index contributed by atoms with van der Waals surface area (Å²) in [6, 6.07) is 12.3. The molecule has 3 aromatic rings. The van der Waals surface area contributed by atoms with Gasteiger partial charge in [-0.25, -0.2) is 4.79 Å². The fourth-order valence-corrected chi connectivity index (χ4v) is 3.28. The van der Waals surface area contributed by atoms with Gasteiger partial charge >= 0.3 is 5.97 Å². The standard InChI is InChI=1S/C22H24N2O5/c1-28-16-12-19-18(20(13-16)29-2)11-15(24-19)7-5-9-23-21(25)10-14-6-3-4-8-17(14)22(26)27/h3-4,6,8,11-13,24H,5,7,9-10H2,1-2H3,(H,23,25)(H,26,27). The van der Waals surface area contributed by atoms with E-state index in [9.17, 15) is 14.7 Å². The number of methoxy groups -OCH3 is 2. The lowest BCUT2D eigenvalue weighted by Crippen LogP contribution is -2.27. The number of aromatic nitrogens is 1. The molecule has 0 bridgehead atoms. The summed E-state index contributed by atoms with van der Waals surface area (Å²) in [5, 5.41) is 13.0. The highest BCUT2D eigenvalue weighted by Crippen LogP contribution is 2.31. The minimum atomic E-state index is -1.03. The molecule has 3 N–H and O–H groups in total. The van der Waals surface area contributed by atoms with E-state index in [1.807, 2.05) is 18.2 Å². The smallest absolute Gasteiger partial charge is 0.335 e. The number of carbonyl (C=O) groups excluding carboxylic acids is 1. The molecule has 152 valence electrons.